The van der Waals surface area contributed by atoms with Crippen LogP contribution in [0, 0.1) is 5.92 Å². The molecule has 5 heteroatoms. The van der Waals surface area contributed by atoms with Crippen molar-refractivity contribution in [1.29, 1.82) is 0 Å². The summed E-state index contributed by atoms with van der Waals surface area (Å²) in [4.78, 5) is 25.1. The number of nitrogens with zero attached hydrogens (tertiary/aromatic N) is 1. The smallest absolute Gasteiger partial charge is 0.338 e. The Kier molecular flexibility index (Phi) is 4.74. The summed E-state index contributed by atoms with van der Waals surface area (Å²) in [6.45, 7) is 2.34. The van der Waals surface area contributed by atoms with Gasteiger partial charge in [-0.3, -0.25) is 9.69 Å². The molecule has 1 aromatic rings. The van der Waals surface area contributed by atoms with Crippen LogP contribution < -0.4 is 5.73 Å². The third-order valence-electron chi connectivity index (χ3n) is 3.81. The van der Waals surface area contributed by atoms with Crippen LogP contribution in [-0.2, 0) is 16.1 Å². The van der Waals surface area contributed by atoms with E-state index in [-0.39, 0.29) is 17.8 Å². The quantitative estimate of drug-likeness (QED) is 0.838. The molecule has 0 saturated carbocycles. The number of nitrogens with two attached hydrogens (primary N) is 1. The minimum Gasteiger partial charge on any atom is -0.465 e. The highest BCUT2D eigenvalue weighted by molar-refractivity contribution is 5.90. The maximum absolute atomic E-state index is 11.7. The molecular weight excluding hydrogens is 256 g/mol. The molecule has 1 amide bonds. The number of likely N-dealkylation sites (tertiary alicyclic amines) is 1. The van der Waals surface area contributed by atoms with E-state index in [0.29, 0.717) is 12.1 Å². The Labute approximate surface area is 118 Å². The molecule has 1 heterocycles. The Morgan fingerprint density at radius 3 is 2.55 bits per heavy atom. The minimum atomic E-state index is -0.312. The van der Waals surface area contributed by atoms with E-state index in [9.17, 15) is 9.59 Å². The molecule has 1 aliphatic rings. The van der Waals surface area contributed by atoms with E-state index in [2.05, 4.69) is 4.90 Å². The van der Waals surface area contributed by atoms with Gasteiger partial charge in [-0.2, -0.15) is 0 Å². The predicted octanol–water partition coefficient (Wildman–Crippen LogP) is 1.17. The molecule has 108 valence electrons. The van der Waals surface area contributed by atoms with Gasteiger partial charge in [-0.25, -0.2) is 4.79 Å². The summed E-state index contributed by atoms with van der Waals surface area (Å²) in [7, 11) is 1.39. The van der Waals surface area contributed by atoms with Crippen molar-refractivity contribution in [2.75, 3.05) is 20.2 Å². The maximum Gasteiger partial charge on any atom is 0.338 e. The van der Waals surface area contributed by atoms with Crippen LogP contribution in [0.25, 0.3) is 0 Å². The highest BCUT2D eigenvalue weighted by Crippen LogP contribution is 2.20. The second-order valence-corrected chi connectivity index (χ2v) is 5.10. The topological polar surface area (TPSA) is 72.6 Å². The van der Waals surface area contributed by atoms with Crippen LogP contribution in [0.3, 0.4) is 0 Å². The summed E-state index contributed by atoms with van der Waals surface area (Å²) in [5.74, 6) is -0.533. The van der Waals surface area contributed by atoms with Crippen molar-refractivity contribution >= 4 is 11.9 Å². The second-order valence-electron chi connectivity index (χ2n) is 5.10. The van der Waals surface area contributed by atoms with Crippen molar-refractivity contribution in [3.05, 3.63) is 35.4 Å². The van der Waals surface area contributed by atoms with E-state index in [4.69, 9.17) is 10.5 Å². The third kappa shape index (κ3) is 3.36. The zero-order valence-corrected chi connectivity index (χ0v) is 11.7. The van der Waals surface area contributed by atoms with E-state index in [1.165, 1.54) is 7.11 Å². The molecule has 0 unspecified atom stereocenters. The normalized spacial score (nSPS) is 16.9. The molecule has 0 atom stereocenters. The SMILES string of the molecule is COC(=O)c1ccccc1CN1CCC(C(N)=O)CC1. The minimum absolute atomic E-state index is 0.0119. The average Bonchev–Trinajstić information content (AvgIpc) is 2.47. The van der Waals surface area contributed by atoms with Gasteiger partial charge < -0.3 is 10.5 Å². The van der Waals surface area contributed by atoms with Crippen molar-refractivity contribution < 1.29 is 14.3 Å². The predicted molar refractivity (Wildman–Crippen MR) is 75.0 cm³/mol. The van der Waals surface area contributed by atoms with E-state index in [1.54, 1.807) is 6.07 Å². The number of esters is 1. The summed E-state index contributed by atoms with van der Waals surface area (Å²) in [5, 5.41) is 0. The number of benzene rings is 1. The first-order chi connectivity index (χ1) is 9.61. The zero-order chi connectivity index (χ0) is 14.5. The molecular formula is C15H20N2O3. The molecule has 0 spiro atoms. The van der Waals surface area contributed by atoms with Crippen molar-refractivity contribution in [2.24, 2.45) is 11.7 Å². The Hall–Kier alpha value is -1.88. The fraction of sp³-hybridized carbons (Fsp3) is 0.467. The Morgan fingerprint density at radius 2 is 1.95 bits per heavy atom. The van der Waals surface area contributed by atoms with Gasteiger partial charge in [0, 0.05) is 12.5 Å². The lowest BCUT2D eigenvalue weighted by Gasteiger charge is -2.30. The second kappa shape index (κ2) is 6.52. The number of methoxy groups -OCH3 is 1. The lowest BCUT2D eigenvalue weighted by molar-refractivity contribution is -0.123. The lowest BCUT2D eigenvalue weighted by Crippen LogP contribution is -2.38. The van der Waals surface area contributed by atoms with Gasteiger partial charge in [0.1, 0.15) is 0 Å². The highest BCUT2D eigenvalue weighted by Gasteiger charge is 2.24. The monoisotopic (exact) mass is 276 g/mol. The van der Waals surface area contributed by atoms with Crippen molar-refractivity contribution in [1.82, 2.24) is 4.90 Å². The first-order valence-electron chi connectivity index (χ1n) is 6.79. The summed E-state index contributed by atoms with van der Waals surface area (Å²) in [6, 6.07) is 7.46. The van der Waals surface area contributed by atoms with E-state index in [0.717, 1.165) is 31.5 Å². The van der Waals surface area contributed by atoms with Crippen molar-refractivity contribution in [2.45, 2.75) is 19.4 Å². The maximum atomic E-state index is 11.7. The molecule has 1 aromatic carbocycles. The van der Waals surface area contributed by atoms with Gasteiger partial charge in [0.15, 0.2) is 0 Å². The van der Waals surface area contributed by atoms with Crippen molar-refractivity contribution in [3.8, 4) is 0 Å². The summed E-state index contributed by atoms with van der Waals surface area (Å²) in [6.07, 6.45) is 1.57. The van der Waals surface area contributed by atoms with Gasteiger partial charge in [-0.05, 0) is 37.6 Å². The summed E-state index contributed by atoms with van der Waals surface area (Å²) in [5.41, 5.74) is 6.89. The van der Waals surface area contributed by atoms with Crippen LogP contribution >= 0.6 is 0 Å². The van der Waals surface area contributed by atoms with Crippen LogP contribution in [0.4, 0.5) is 0 Å². The van der Waals surface area contributed by atoms with Gasteiger partial charge >= 0.3 is 5.97 Å². The summed E-state index contributed by atoms with van der Waals surface area (Å²) >= 11 is 0. The number of amides is 1. The Balaban J connectivity index is 2.01. The average molecular weight is 276 g/mol. The van der Waals surface area contributed by atoms with E-state index < -0.39 is 0 Å². The number of primary amides is 1. The van der Waals surface area contributed by atoms with Crippen LogP contribution in [0.2, 0.25) is 0 Å². The van der Waals surface area contributed by atoms with E-state index >= 15 is 0 Å². The molecule has 1 fully saturated rings. The number of carbonyl (C=O) groups excluding carboxylic acids is 2. The molecule has 5 nitrogen and oxygen atoms in total. The third-order valence-corrected chi connectivity index (χ3v) is 3.81. The van der Waals surface area contributed by atoms with Crippen LogP contribution in [-0.4, -0.2) is 37.0 Å². The molecule has 20 heavy (non-hydrogen) atoms. The number of hydrogen-bond acceptors (Lipinski definition) is 4. The van der Waals surface area contributed by atoms with Gasteiger partial charge in [-0.15, -0.1) is 0 Å². The molecule has 1 saturated heterocycles. The molecule has 1 aliphatic heterocycles. The number of piperidine rings is 1. The van der Waals surface area contributed by atoms with Gasteiger partial charge in [-0.1, -0.05) is 18.2 Å². The van der Waals surface area contributed by atoms with Crippen LogP contribution in [0.15, 0.2) is 24.3 Å². The number of carbonyl (C=O) groups is 2. The number of rotatable bonds is 4. The van der Waals surface area contributed by atoms with Crippen LogP contribution in [0.5, 0.6) is 0 Å². The largest absolute Gasteiger partial charge is 0.465 e. The molecule has 0 bridgehead atoms. The number of ether oxygens (including phenoxy) is 1. The molecule has 0 aliphatic carbocycles. The number of hydrogen-bond donors (Lipinski definition) is 1. The van der Waals surface area contributed by atoms with Gasteiger partial charge in [0.25, 0.3) is 0 Å². The van der Waals surface area contributed by atoms with Gasteiger partial charge in [0.05, 0.1) is 12.7 Å². The Morgan fingerprint density at radius 1 is 1.30 bits per heavy atom. The zero-order valence-electron chi connectivity index (χ0n) is 11.7. The standard InChI is InChI=1S/C15H20N2O3/c1-20-15(19)13-5-3-2-4-12(13)10-17-8-6-11(7-9-17)14(16)18/h2-5,11H,6-10H2,1H3,(H2,16,18). The highest BCUT2D eigenvalue weighted by atomic mass is 16.5. The molecule has 2 rings (SSSR count). The fourth-order valence-electron chi connectivity index (χ4n) is 2.58. The molecule has 0 aromatic heterocycles. The first-order valence-corrected chi connectivity index (χ1v) is 6.79. The van der Waals surface area contributed by atoms with Gasteiger partial charge in [0.2, 0.25) is 5.91 Å². The first kappa shape index (κ1) is 14.5. The Bertz CT molecular complexity index is 494. The summed E-state index contributed by atoms with van der Waals surface area (Å²) < 4.78 is 4.80. The molecule has 0 radical (unpaired) electrons. The van der Waals surface area contributed by atoms with Crippen LogP contribution in [0.1, 0.15) is 28.8 Å². The molecule has 2 N–H and O–H groups in total. The van der Waals surface area contributed by atoms with E-state index in [1.807, 2.05) is 18.2 Å². The fourth-order valence-corrected chi connectivity index (χ4v) is 2.58. The van der Waals surface area contributed by atoms with Crippen molar-refractivity contribution in [3.63, 3.8) is 0 Å². The lowest BCUT2D eigenvalue weighted by atomic mass is 9.95.